The summed E-state index contributed by atoms with van der Waals surface area (Å²) in [6, 6.07) is 1.62. The highest BCUT2D eigenvalue weighted by molar-refractivity contribution is 5.96. The number of hydrogen-bond donors (Lipinski definition) is 1. The summed E-state index contributed by atoms with van der Waals surface area (Å²) < 4.78 is 5.23. The number of aryl methyl sites for hydroxylation is 1. The molecular formula is C10H14O3. The monoisotopic (exact) mass is 182 g/mol. The Balaban J connectivity index is 3.03. The summed E-state index contributed by atoms with van der Waals surface area (Å²) >= 11 is 0. The van der Waals surface area contributed by atoms with E-state index in [2.05, 4.69) is 0 Å². The van der Waals surface area contributed by atoms with E-state index in [4.69, 9.17) is 4.42 Å². The second kappa shape index (κ2) is 3.75. The zero-order valence-electron chi connectivity index (χ0n) is 8.13. The Morgan fingerprint density at radius 3 is 2.69 bits per heavy atom. The Hall–Kier alpha value is -1.09. The van der Waals surface area contributed by atoms with Gasteiger partial charge in [-0.2, -0.15) is 0 Å². The smallest absolute Gasteiger partial charge is 0.166 e. The molecule has 0 unspecified atom stereocenters. The molecule has 0 aliphatic rings. The van der Waals surface area contributed by atoms with E-state index >= 15 is 0 Å². The zero-order valence-corrected chi connectivity index (χ0v) is 8.13. The van der Waals surface area contributed by atoms with Gasteiger partial charge in [-0.3, -0.25) is 4.79 Å². The quantitative estimate of drug-likeness (QED) is 0.729. The normalized spacial score (nSPS) is 12.9. The van der Waals surface area contributed by atoms with E-state index in [0.717, 1.165) is 0 Å². The van der Waals surface area contributed by atoms with Gasteiger partial charge >= 0.3 is 0 Å². The summed E-state index contributed by atoms with van der Waals surface area (Å²) in [5.41, 5.74) is 0.582. The maximum Gasteiger partial charge on any atom is 0.166 e. The van der Waals surface area contributed by atoms with Crippen LogP contribution in [0.15, 0.2) is 10.5 Å². The summed E-state index contributed by atoms with van der Waals surface area (Å²) in [6.45, 7) is 5.14. The Bertz CT molecular complexity index is 310. The van der Waals surface area contributed by atoms with Crippen molar-refractivity contribution in [2.45, 2.75) is 33.3 Å². The first kappa shape index (κ1) is 9.99. The van der Waals surface area contributed by atoms with E-state index in [1.54, 1.807) is 26.8 Å². The predicted octanol–water partition coefficient (Wildman–Crippen LogP) is 2.23. The molecule has 13 heavy (non-hydrogen) atoms. The molecule has 0 spiro atoms. The molecule has 1 atom stereocenters. The van der Waals surface area contributed by atoms with Crippen LogP contribution in [0.5, 0.6) is 0 Å². The van der Waals surface area contributed by atoms with E-state index in [-0.39, 0.29) is 5.78 Å². The molecule has 0 saturated carbocycles. The molecule has 3 nitrogen and oxygen atoms in total. The number of Topliss-reactive ketones (excluding diaryl/α,β-unsaturated/α-hetero) is 1. The van der Waals surface area contributed by atoms with Gasteiger partial charge in [-0.1, -0.05) is 6.92 Å². The lowest BCUT2D eigenvalue weighted by molar-refractivity contribution is 0.0986. The fraction of sp³-hybridized carbons (Fsp3) is 0.500. The van der Waals surface area contributed by atoms with Crippen LogP contribution in [-0.4, -0.2) is 10.9 Å². The second-order valence-electron chi connectivity index (χ2n) is 3.07. The Morgan fingerprint density at radius 2 is 2.31 bits per heavy atom. The lowest BCUT2D eigenvalue weighted by atomic mass is 10.1. The van der Waals surface area contributed by atoms with Gasteiger partial charge in [0.05, 0.1) is 5.56 Å². The SMILES string of the molecule is CCC(=O)c1cc([C@@H](C)O)oc1C. The second-order valence-corrected chi connectivity index (χ2v) is 3.07. The number of aliphatic hydroxyl groups is 1. The van der Waals surface area contributed by atoms with Crippen LogP contribution < -0.4 is 0 Å². The predicted molar refractivity (Wildman–Crippen MR) is 48.7 cm³/mol. The number of carbonyl (C=O) groups excluding carboxylic acids is 1. The average Bonchev–Trinajstić information content (AvgIpc) is 2.46. The molecule has 0 radical (unpaired) electrons. The lowest BCUT2D eigenvalue weighted by Gasteiger charge is -1.95. The maximum absolute atomic E-state index is 11.3. The molecule has 1 heterocycles. The van der Waals surface area contributed by atoms with Gasteiger partial charge in [0.25, 0.3) is 0 Å². The Labute approximate surface area is 77.4 Å². The molecule has 0 aromatic carbocycles. The topological polar surface area (TPSA) is 50.4 Å². The number of carbonyl (C=O) groups is 1. The number of aliphatic hydroxyl groups excluding tert-OH is 1. The minimum Gasteiger partial charge on any atom is -0.463 e. The number of hydrogen-bond acceptors (Lipinski definition) is 3. The number of furan rings is 1. The third-order valence-corrected chi connectivity index (χ3v) is 1.97. The molecule has 1 rings (SSSR count). The van der Waals surface area contributed by atoms with Gasteiger partial charge in [0.15, 0.2) is 5.78 Å². The number of rotatable bonds is 3. The summed E-state index contributed by atoms with van der Waals surface area (Å²) in [5, 5.41) is 9.21. The van der Waals surface area contributed by atoms with E-state index in [9.17, 15) is 9.90 Å². The fourth-order valence-corrected chi connectivity index (χ4v) is 1.18. The molecule has 72 valence electrons. The molecule has 1 aromatic heterocycles. The molecule has 0 bridgehead atoms. The van der Waals surface area contributed by atoms with Crippen molar-refractivity contribution in [3.63, 3.8) is 0 Å². The van der Waals surface area contributed by atoms with Crippen molar-refractivity contribution in [2.75, 3.05) is 0 Å². The minimum atomic E-state index is -0.655. The standard InChI is InChI=1S/C10H14O3/c1-4-9(12)8-5-10(6(2)11)13-7(8)3/h5-6,11H,4H2,1-3H3/t6-/m1/s1. The highest BCUT2D eigenvalue weighted by atomic mass is 16.4. The van der Waals surface area contributed by atoms with E-state index in [0.29, 0.717) is 23.5 Å². The highest BCUT2D eigenvalue weighted by Gasteiger charge is 2.15. The summed E-state index contributed by atoms with van der Waals surface area (Å²) in [4.78, 5) is 11.3. The fourth-order valence-electron chi connectivity index (χ4n) is 1.18. The largest absolute Gasteiger partial charge is 0.463 e. The van der Waals surface area contributed by atoms with Crippen LogP contribution in [0.1, 0.15) is 48.3 Å². The van der Waals surface area contributed by atoms with Gasteiger partial charge < -0.3 is 9.52 Å². The molecule has 1 aromatic rings. The molecule has 0 aliphatic heterocycles. The molecule has 0 fully saturated rings. The Morgan fingerprint density at radius 1 is 1.69 bits per heavy atom. The molecule has 0 aliphatic carbocycles. The average molecular weight is 182 g/mol. The van der Waals surface area contributed by atoms with Crippen LogP contribution in [-0.2, 0) is 0 Å². The minimum absolute atomic E-state index is 0.0492. The summed E-state index contributed by atoms with van der Waals surface area (Å²) in [6.07, 6.45) is -0.197. The van der Waals surface area contributed by atoms with Crippen molar-refractivity contribution in [2.24, 2.45) is 0 Å². The van der Waals surface area contributed by atoms with Gasteiger partial charge in [0, 0.05) is 6.42 Å². The molecule has 0 amide bonds. The van der Waals surface area contributed by atoms with Crippen LogP contribution in [0, 0.1) is 6.92 Å². The van der Waals surface area contributed by atoms with Gasteiger partial charge in [-0.05, 0) is 19.9 Å². The Kier molecular flexibility index (Phi) is 2.88. The maximum atomic E-state index is 11.3. The molecule has 1 N–H and O–H groups in total. The van der Waals surface area contributed by atoms with E-state index < -0.39 is 6.10 Å². The summed E-state index contributed by atoms with van der Waals surface area (Å²) in [5.74, 6) is 1.09. The van der Waals surface area contributed by atoms with Crippen LogP contribution >= 0.6 is 0 Å². The van der Waals surface area contributed by atoms with E-state index in [1.165, 1.54) is 0 Å². The third-order valence-electron chi connectivity index (χ3n) is 1.97. The van der Waals surface area contributed by atoms with Crippen molar-refractivity contribution in [1.29, 1.82) is 0 Å². The van der Waals surface area contributed by atoms with Gasteiger partial charge in [0.2, 0.25) is 0 Å². The highest BCUT2D eigenvalue weighted by Crippen LogP contribution is 2.21. The van der Waals surface area contributed by atoms with Crippen molar-refractivity contribution >= 4 is 5.78 Å². The lowest BCUT2D eigenvalue weighted by Crippen LogP contribution is -1.95. The first-order valence-electron chi connectivity index (χ1n) is 4.37. The van der Waals surface area contributed by atoms with Crippen LogP contribution in [0.25, 0.3) is 0 Å². The molecule has 3 heteroatoms. The van der Waals surface area contributed by atoms with Crippen molar-refractivity contribution in [3.8, 4) is 0 Å². The van der Waals surface area contributed by atoms with Gasteiger partial charge in [0.1, 0.15) is 17.6 Å². The first-order valence-corrected chi connectivity index (χ1v) is 4.37. The van der Waals surface area contributed by atoms with Crippen molar-refractivity contribution < 1.29 is 14.3 Å². The summed E-state index contributed by atoms with van der Waals surface area (Å²) in [7, 11) is 0. The van der Waals surface area contributed by atoms with Crippen molar-refractivity contribution in [3.05, 3.63) is 23.2 Å². The first-order chi connectivity index (χ1) is 6.06. The van der Waals surface area contributed by atoms with Crippen LogP contribution in [0.4, 0.5) is 0 Å². The van der Waals surface area contributed by atoms with Gasteiger partial charge in [-0.25, -0.2) is 0 Å². The van der Waals surface area contributed by atoms with Crippen LogP contribution in [0.3, 0.4) is 0 Å². The van der Waals surface area contributed by atoms with Crippen LogP contribution in [0.2, 0.25) is 0 Å². The molecule has 0 saturated heterocycles. The third kappa shape index (κ3) is 1.98. The molecular weight excluding hydrogens is 168 g/mol. The number of ketones is 1. The van der Waals surface area contributed by atoms with E-state index in [1.807, 2.05) is 0 Å². The zero-order chi connectivity index (χ0) is 10.0. The van der Waals surface area contributed by atoms with Crippen molar-refractivity contribution in [1.82, 2.24) is 0 Å². The van der Waals surface area contributed by atoms with Gasteiger partial charge in [-0.15, -0.1) is 0 Å².